The molecule has 0 radical (unpaired) electrons. The Balaban J connectivity index is 1.72. The third-order valence-electron chi connectivity index (χ3n) is 6.30. The number of aliphatic hydroxyl groups excluding tert-OH is 1. The van der Waals surface area contributed by atoms with Gasteiger partial charge in [-0.25, -0.2) is 4.79 Å². The highest BCUT2D eigenvalue weighted by atomic mass is 16.3. The number of aliphatic hydroxyl groups is 1. The van der Waals surface area contributed by atoms with Crippen molar-refractivity contribution in [3.05, 3.63) is 43.6 Å². The molecule has 1 aromatic carbocycles. The molecule has 0 bridgehead atoms. The molecule has 0 aromatic heterocycles. The van der Waals surface area contributed by atoms with E-state index in [0.29, 0.717) is 39.0 Å². The van der Waals surface area contributed by atoms with E-state index < -0.39 is 10.9 Å². The topological polar surface area (TPSA) is 122 Å². The van der Waals surface area contributed by atoms with Gasteiger partial charge in [-0.15, -0.1) is 0 Å². The number of allylic oxidation sites excluding steroid dienone is 1. The summed E-state index contributed by atoms with van der Waals surface area (Å²) >= 11 is 0. The SMILES string of the molecule is CC(C)[C@H](C)Nc1c(NC2=CCCC(C(=O)N3CCN(C(=O)N(C)C)CC3)=C2O)c(=O)c1=O. The van der Waals surface area contributed by atoms with Gasteiger partial charge in [-0.05, 0) is 25.7 Å². The fraction of sp³-hybridized carbons (Fsp3) is 0.565. The molecule has 180 valence electrons. The normalized spacial score (nSPS) is 17.8. The third kappa shape index (κ3) is 4.89. The molecule has 1 aliphatic carbocycles. The highest BCUT2D eigenvalue weighted by molar-refractivity contribution is 5.95. The summed E-state index contributed by atoms with van der Waals surface area (Å²) in [6.45, 7) is 7.52. The van der Waals surface area contributed by atoms with Gasteiger partial charge in [0, 0.05) is 46.3 Å². The fourth-order valence-corrected chi connectivity index (χ4v) is 3.81. The molecule has 0 saturated carbocycles. The Morgan fingerprint density at radius 2 is 1.58 bits per heavy atom. The maximum atomic E-state index is 13.1. The van der Waals surface area contributed by atoms with Crippen molar-refractivity contribution in [2.45, 2.75) is 39.7 Å². The van der Waals surface area contributed by atoms with Crippen LogP contribution in [-0.2, 0) is 4.79 Å². The first-order valence-electron chi connectivity index (χ1n) is 11.3. The van der Waals surface area contributed by atoms with E-state index in [4.69, 9.17) is 0 Å². The highest BCUT2D eigenvalue weighted by Crippen LogP contribution is 2.28. The Labute approximate surface area is 193 Å². The fourth-order valence-electron chi connectivity index (χ4n) is 3.81. The number of rotatable bonds is 6. The van der Waals surface area contributed by atoms with E-state index in [-0.39, 0.29) is 52.3 Å². The summed E-state index contributed by atoms with van der Waals surface area (Å²) in [5, 5.41) is 16.8. The minimum atomic E-state index is -0.651. The third-order valence-corrected chi connectivity index (χ3v) is 6.30. The zero-order chi connectivity index (χ0) is 24.4. The maximum absolute atomic E-state index is 13.1. The number of hydrogen-bond donors (Lipinski definition) is 3. The molecule has 1 aliphatic heterocycles. The lowest BCUT2D eigenvalue weighted by atomic mass is 9.98. The second-order valence-electron chi connectivity index (χ2n) is 9.15. The molecule has 1 atom stereocenters. The van der Waals surface area contributed by atoms with E-state index in [1.807, 2.05) is 20.8 Å². The molecule has 33 heavy (non-hydrogen) atoms. The van der Waals surface area contributed by atoms with Crippen molar-refractivity contribution in [2.75, 3.05) is 50.9 Å². The lowest BCUT2D eigenvalue weighted by Crippen LogP contribution is -2.53. The van der Waals surface area contributed by atoms with E-state index in [0.717, 1.165) is 0 Å². The van der Waals surface area contributed by atoms with Crippen molar-refractivity contribution in [3.63, 3.8) is 0 Å². The monoisotopic (exact) mass is 459 g/mol. The van der Waals surface area contributed by atoms with Gasteiger partial charge in [0.25, 0.3) is 16.8 Å². The number of nitrogens with one attached hydrogen (secondary N) is 2. The van der Waals surface area contributed by atoms with E-state index in [1.165, 1.54) is 4.90 Å². The predicted octanol–water partition coefficient (Wildman–Crippen LogP) is 1.47. The van der Waals surface area contributed by atoms with Crippen LogP contribution in [0.2, 0.25) is 0 Å². The second kappa shape index (κ2) is 9.68. The van der Waals surface area contributed by atoms with Gasteiger partial charge in [0.05, 0.1) is 11.3 Å². The molecule has 2 aliphatic rings. The summed E-state index contributed by atoms with van der Waals surface area (Å²) in [4.78, 5) is 54.2. The van der Waals surface area contributed by atoms with Crippen molar-refractivity contribution in [2.24, 2.45) is 5.92 Å². The molecule has 3 amide bonds. The van der Waals surface area contributed by atoms with Crippen molar-refractivity contribution < 1.29 is 14.7 Å². The Hall–Kier alpha value is -3.30. The van der Waals surface area contributed by atoms with Crippen LogP contribution >= 0.6 is 0 Å². The zero-order valence-corrected chi connectivity index (χ0v) is 19.9. The van der Waals surface area contributed by atoms with Crippen LogP contribution in [0.3, 0.4) is 0 Å². The van der Waals surface area contributed by atoms with Crippen LogP contribution < -0.4 is 21.5 Å². The van der Waals surface area contributed by atoms with Crippen LogP contribution in [0.1, 0.15) is 33.6 Å². The first kappa shape index (κ1) is 24.3. The van der Waals surface area contributed by atoms with Crippen molar-refractivity contribution >= 4 is 23.3 Å². The summed E-state index contributed by atoms with van der Waals surface area (Å²) < 4.78 is 0. The molecule has 3 N–H and O–H groups in total. The number of urea groups is 1. The quantitative estimate of drug-likeness (QED) is 0.551. The first-order chi connectivity index (χ1) is 15.5. The number of piperazine rings is 1. The Bertz CT molecular complexity index is 1060. The van der Waals surface area contributed by atoms with Gasteiger partial charge < -0.3 is 30.4 Å². The van der Waals surface area contributed by atoms with E-state index >= 15 is 0 Å². The van der Waals surface area contributed by atoms with Crippen LogP contribution in [0.15, 0.2) is 32.7 Å². The van der Waals surface area contributed by atoms with Crippen LogP contribution in [0.5, 0.6) is 0 Å². The summed E-state index contributed by atoms with van der Waals surface area (Å²) in [6, 6.07) is -0.117. The second-order valence-corrected chi connectivity index (χ2v) is 9.15. The number of anilines is 2. The lowest BCUT2D eigenvalue weighted by molar-refractivity contribution is -0.128. The van der Waals surface area contributed by atoms with Gasteiger partial charge in [-0.2, -0.15) is 0 Å². The first-order valence-corrected chi connectivity index (χ1v) is 11.3. The van der Waals surface area contributed by atoms with Crippen LogP contribution in [0.25, 0.3) is 0 Å². The van der Waals surface area contributed by atoms with E-state index in [1.54, 1.807) is 30.0 Å². The largest absolute Gasteiger partial charge is 0.505 e. The standard InChI is InChI=1S/C23H33N5O5/c1-13(2)14(3)24-17-18(21(31)20(17)30)25-16-8-6-7-15(19(16)29)22(32)27-9-11-28(12-10-27)23(33)26(4)5/h8,13-14,24-25,29H,6-7,9-12H2,1-5H3/t14-/m0/s1. The highest BCUT2D eigenvalue weighted by Gasteiger charge is 2.31. The summed E-state index contributed by atoms with van der Waals surface area (Å²) in [5.74, 6) is -0.246. The molecular weight excluding hydrogens is 426 g/mol. The molecule has 0 spiro atoms. The average molecular weight is 460 g/mol. The molecule has 3 rings (SSSR count). The van der Waals surface area contributed by atoms with Crippen LogP contribution in [0, 0.1) is 5.92 Å². The molecule has 1 heterocycles. The summed E-state index contributed by atoms with van der Waals surface area (Å²) in [7, 11) is 3.37. The van der Waals surface area contributed by atoms with Crippen molar-refractivity contribution in [1.29, 1.82) is 0 Å². The lowest BCUT2D eigenvalue weighted by Gasteiger charge is -2.36. The van der Waals surface area contributed by atoms with Crippen molar-refractivity contribution in [3.8, 4) is 0 Å². The molecule has 10 heteroatoms. The van der Waals surface area contributed by atoms with E-state index in [9.17, 15) is 24.3 Å². The number of hydrogen-bond acceptors (Lipinski definition) is 7. The molecule has 1 fully saturated rings. The van der Waals surface area contributed by atoms with Crippen molar-refractivity contribution in [1.82, 2.24) is 14.7 Å². The number of carbonyl (C=O) groups is 2. The summed E-state index contributed by atoms with van der Waals surface area (Å²) in [6.07, 6.45) is 2.59. The van der Waals surface area contributed by atoms with Gasteiger partial charge in [0.2, 0.25) is 0 Å². The van der Waals surface area contributed by atoms with Crippen LogP contribution in [0.4, 0.5) is 16.2 Å². The van der Waals surface area contributed by atoms with Crippen LogP contribution in [-0.4, -0.2) is 78.1 Å². The molecular formula is C23H33N5O5. The van der Waals surface area contributed by atoms with Gasteiger partial charge >= 0.3 is 6.03 Å². The minimum absolute atomic E-state index is 0.0199. The minimum Gasteiger partial charge on any atom is -0.505 e. The number of amides is 3. The van der Waals surface area contributed by atoms with Gasteiger partial charge in [-0.3, -0.25) is 14.4 Å². The van der Waals surface area contributed by atoms with Gasteiger partial charge in [0.15, 0.2) is 0 Å². The smallest absolute Gasteiger partial charge is 0.319 e. The summed E-state index contributed by atoms with van der Waals surface area (Å²) in [5.41, 5.74) is -0.423. The molecule has 0 unspecified atom stereocenters. The Kier molecular flexibility index (Phi) is 7.14. The zero-order valence-electron chi connectivity index (χ0n) is 19.9. The van der Waals surface area contributed by atoms with E-state index in [2.05, 4.69) is 10.6 Å². The van der Waals surface area contributed by atoms with Gasteiger partial charge in [-0.1, -0.05) is 19.9 Å². The Morgan fingerprint density at radius 3 is 2.15 bits per heavy atom. The number of nitrogens with zero attached hydrogens (tertiary/aromatic N) is 3. The Morgan fingerprint density at radius 1 is 1.00 bits per heavy atom. The van der Waals surface area contributed by atoms with Gasteiger partial charge in [0.1, 0.15) is 17.1 Å². The average Bonchev–Trinajstić information content (AvgIpc) is 2.80. The predicted molar refractivity (Wildman–Crippen MR) is 127 cm³/mol. The maximum Gasteiger partial charge on any atom is 0.319 e. The molecule has 1 saturated heterocycles. The molecule has 10 nitrogen and oxygen atoms in total. The number of carbonyl (C=O) groups excluding carboxylic acids is 2. The molecule has 1 aromatic rings.